The number of nitrogens with one attached hydrogen (secondary N) is 2. The third-order valence-corrected chi connectivity index (χ3v) is 6.77. The van der Waals surface area contributed by atoms with Crippen molar-refractivity contribution in [3.8, 4) is 22.6 Å². The number of benzene rings is 2. The maximum absolute atomic E-state index is 12.9. The molecule has 12 nitrogen and oxygen atoms in total. The summed E-state index contributed by atoms with van der Waals surface area (Å²) in [7, 11) is 1.18. The number of anilines is 1. The van der Waals surface area contributed by atoms with E-state index < -0.39 is 59.9 Å². The first-order valence-corrected chi connectivity index (χ1v) is 15.2. The Hall–Kier alpha value is -5.34. The molecule has 1 atom stereocenters. The largest absolute Gasteiger partial charge is 0.573 e. The second-order valence-corrected chi connectivity index (χ2v) is 12.0. The number of phenols is 1. The molecule has 2 aromatic carbocycles. The van der Waals surface area contributed by atoms with Gasteiger partial charge in [0.25, 0.3) is 0 Å². The van der Waals surface area contributed by atoms with Crippen molar-refractivity contribution in [2.75, 3.05) is 25.1 Å². The minimum absolute atomic E-state index is 0.0251. The van der Waals surface area contributed by atoms with Crippen LogP contribution in [0.4, 0.5) is 23.8 Å². The summed E-state index contributed by atoms with van der Waals surface area (Å²) in [5, 5.41) is 14.8. The molecule has 0 saturated heterocycles. The SMILES string of the molecule is COC(=O)C[C@H](NC(=O)CNC(=O)CCCN(C(=O)OC(C)(C)C)c1cc(C)ccn1)c1ccc(-c2ccc(O)cc2OC(F)(F)F)cc1. The number of methoxy groups -OCH3 is 1. The summed E-state index contributed by atoms with van der Waals surface area (Å²) >= 11 is 0. The third-order valence-electron chi connectivity index (χ3n) is 6.77. The highest BCUT2D eigenvalue weighted by Gasteiger charge is 2.32. The van der Waals surface area contributed by atoms with Gasteiger partial charge in [-0.2, -0.15) is 0 Å². The highest BCUT2D eigenvalue weighted by Crippen LogP contribution is 2.37. The van der Waals surface area contributed by atoms with Crippen LogP contribution in [-0.2, 0) is 23.9 Å². The number of pyridine rings is 1. The van der Waals surface area contributed by atoms with Crippen molar-refractivity contribution in [1.82, 2.24) is 15.6 Å². The van der Waals surface area contributed by atoms with Gasteiger partial charge in [-0.3, -0.25) is 19.3 Å². The summed E-state index contributed by atoms with van der Waals surface area (Å²) in [6.07, 6.45) is -4.11. The summed E-state index contributed by atoms with van der Waals surface area (Å²) in [4.78, 5) is 56.0. The predicted octanol–water partition coefficient (Wildman–Crippen LogP) is 5.72. The molecule has 0 spiro atoms. The van der Waals surface area contributed by atoms with E-state index >= 15 is 0 Å². The first-order chi connectivity index (χ1) is 22.9. The number of ether oxygens (including phenoxy) is 3. The van der Waals surface area contributed by atoms with Gasteiger partial charge in [-0.15, -0.1) is 13.2 Å². The first-order valence-electron chi connectivity index (χ1n) is 15.2. The minimum atomic E-state index is -4.99. The van der Waals surface area contributed by atoms with Crippen molar-refractivity contribution < 1.29 is 51.7 Å². The number of aryl methyl sites for hydroxylation is 1. The molecule has 3 N–H and O–H groups in total. The lowest BCUT2D eigenvalue weighted by Crippen LogP contribution is -2.40. The molecule has 49 heavy (non-hydrogen) atoms. The molecule has 0 aliphatic rings. The predicted molar refractivity (Wildman–Crippen MR) is 173 cm³/mol. The average molecular weight is 689 g/mol. The van der Waals surface area contributed by atoms with Gasteiger partial charge in [0.15, 0.2) is 0 Å². The fraction of sp³-hybridized carbons (Fsp3) is 0.382. The highest BCUT2D eigenvalue weighted by atomic mass is 19.4. The summed E-state index contributed by atoms with van der Waals surface area (Å²) in [6.45, 7) is 6.76. The van der Waals surface area contributed by atoms with E-state index in [4.69, 9.17) is 9.47 Å². The van der Waals surface area contributed by atoms with Crippen LogP contribution >= 0.6 is 0 Å². The standard InChI is InChI=1S/C34H39F3N4O8/c1-21-14-15-38-28(17-21)41(32(46)49-33(2,3)4)16-6-7-29(43)39-20-30(44)40-26(19-31(45)47-5)23-10-8-22(9-11-23)25-13-12-24(42)18-27(25)48-34(35,36)37/h8-15,17-18,26,42H,6-7,16,19-20H2,1-5H3,(H,39,43)(H,40,44)/t26-/m0/s1. The van der Waals surface area contributed by atoms with Crippen LogP contribution in [-0.4, -0.2) is 66.1 Å². The van der Waals surface area contributed by atoms with Crippen LogP contribution in [0.3, 0.4) is 0 Å². The van der Waals surface area contributed by atoms with Gasteiger partial charge in [0, 0.05) is 30.8 Å². The number of halogens is 3. The lowest BCUT2D eigenvalue weighted by molar-refractivity contribution is -0.274. The van der Waals surface area contributed by atoms with Crippen molar-refractivity contribution in [3.63, 3.8) is 0 Å². The molecule has 15 heteroatoms. The first kappa shape index (κ1) is 38.1. The van der Waals surface area contributed by atoms with Crippen molar-refractivity contribution >= 4 is 29.7 Å². The number of nitrogens with zero attached hydrogens (tertiary/aromatic N) is 2. The van der Waals surface area contributed by atoms with Crippen molar-refractivity contribution in [2.24, 2.45) is 0 Å². The molecule has 0 saturated carbocycles. The van der Waals surface area contributed by atoms with Gasteiger partial charge in [-0.05, 0) is 75.1 Å². The zero-order chi connectivity index (χ0) is 36.4. The van der Waals surface area contributed by atoms with Crippen LogP contribution in [0.15, 0.2) is 60.8 Å². The maximum atomic E-state index is 12.9. The number of aromatic nitrogens is 1. The van der Waals surface area contributed by atoms with E-state index in [1.807, 2.05) is 6.92 Å². The second kappa shape index (κ2) is 16.7. The molecule has 0 radical (unpaired) electrons. The number of alkyl halides is 3. The van der Waals surface area contributed by atoms with Crippen LogP contribution in [0.2, 0.25) is 0 Å². The Balaban J connectivity index is 1.62. The van der Waals surface area contributed by atoms with Crippen molar-refractivity contribution in [2.45, 2.75) is 65.0 Å². The van der Waals surface area contributed by atoms with Crippen LogP contribution in [0, 0.1) is 6.92 Å². The molecule has 3 amide bonds. The van der Waals surface area contributed by atoms with E-state index in [1.54, 1.807) is 39.1 Å². The van der Waals surface area contributed by atoms with Crippen LogP contribution in [0.5, 0.6) is 11.5 Å². The summed E-state index contributed by atoms with van der Waals surface area (Å²) in [5.74, 6) is -2.39. The normalized spacial score (nSPS) is 12.0. The topological polar surface area (TPSA) is 156 Å². The molecule has 3 rings (SSSR count). The molecule has 264 valence electrons. The zero-order valence-corrected chi connectivity index (χ0v) is 27.7. The fourth-order valence-electron chi connectivity index (χ4n) is 4.55. The molecule has 0 bridgehead atoms. The third kappa shape index (κ3) is 12.7. The van der Waals surface area contributed by atoms with Gasteiger partial charge in [0.05, 0.1) is 26.1 Å². The Morgan fingerprint density at radius 1 is 0.980 bits per heavy atom. The van der Waals surface area contributed by atoms with E-state index in [0.29, 0.717) is 16.9 Å². The molecule has 1 aromatic heterocycles. The Labute approximate surface area is 281 Å². The molecular formula is C34H39F3N4O8. The smallest absolute Gasteiger partial charge is 0.508 e. The number of phenolic OH excluding ortho intramolecular Hbond substituents is 1. The number of carbonyl (C=O) groups is 4. The average Bonchev–Trinajstić information content (AvgIpc) is 3.00. The molecular weight excluding hydrogens is 649 g/mol. The Kier molecular flexibility index (Phi) is 13.0. The Bertz CT molecular complexity index is 1620. The van der Waals surface area contributed by atoms with Crippen LogP contribution in [0.1, 0.15) is 57.2 Å². The van der Waals surface area contributed by atoms with Crippen LogP contribution < -0.4 is 20.3 Å². The molecule has 0 aliphatic heterocycles. The number of carbonyl (C=O) groups excluding carboxylic acids is 4. The van der Waals surface area contributed by atoms with E-state index in [0.717, 1.165) is 11.6 Å². The molecule has 0 fully saturated rings. The number of aromatic hydroxyl groups is 1. The molecule has 0 unspecified atom stereocenters. The molecule has 3 aromatic rings. The lowest BCUT2D eigenvalue weighted by atomic mass is 9.98. The van der Waals surface area contributed by atoms with Gasteiger partial charge < -0.3 is 30.0 Å². The Morgan fingerprint density at radius 3 is 2.29 bits per heavy atom. The maximum Gasteiger partial charge on any atom is 0.573 e. The lowest BCUT2D eigenvalue weighted by Gasteiger charge is -2.27. The van der Waals surface area contributed by atoms with E-state index in [-0.39, 0.29) is 31.4 Å². The highest BCUT2D eigenvalue weighted by molar-refractivity contribution is 5.87. The van der Waals surface area contributed by atoms with Gasteiger partial charge in [-0.25, -0.2) is 9.78 Å². The quantitative estimate of drug-likeness (QED) is 0.191. The van der Waals surface area contributed by atoms with Crippen LogP contribution in [0.25, 0.3) is 11.1 Å². The second-order valence-electron chi connectivity index (χ2n) is 12.0. The molecule has 0 aliphatic carbocycles. The summed E-state index contributed by atoms with van der Waals surface area (Å²) < 4.78 is 53.1. The van der Waals surface area contributed by atoms with Crippen molar-refractivity contribution in [3.05, 3.63) is 71.9 Å². The zero-order valence-electron chi connectivity index (χ0n) is 27.7. The Morgan fingerprint density at radius 2 is 1.67 bits per heavy atom. The number of rotatable bonds is 13. The summed E-state index contributed by atoms with van der Waals surface area (Å²) in [6, 6.07) is 11.9. The van der Waals surface area contributed by atoms with E-state index in [1.165, 1.54) is 48.4 Å². The number of hydrogen-bond donors (Lipinski definition) is 3. The number of esters is 1. The fourth-order valence-corrected chi connectivity index (χ4v) is 4.55. The minimum Gasteiger partial charge on any atom is -0.508 e. The van der Waals surface area contributed by atoms with Gasteiger partial charge in [0.1, 0.15) is 22.9 Å². The number of amides is 3. The summed E-state index contributed by atoms with van der Waals surface area (Å²) in [5.41, 5.74) is 0.909. The monoisotopic (exact) mass is 688 g/mol. The molecule has 1 heterocycles. The van der Waals surface area contributed by atoms with E-state index in [2.05, 4.69) is 20.4 Å². The number of hydrogen-bond acceptors (Lipinski definition) is 9. The van der Waals surface area contributed by atoms with Gasteiger partial charge >= 0.3 is 18.4 Å². The van der Waals surface area contributed by atoms with Gasteiger partial charge in [-0.1, -0.05) is 24.3 Å². The van der Waals surface area contributed by atoms with Crippen molar-refractivity contribution in [1.29, 1.82) is 0 Å². The van der Waals surface area contributed by atoms with E-state index in [9.17, 15) is 37.5 Å². The van der Waals surface area contributed by atoms with Gasteiger partial charge in [0.2, 0.25) is 11.8 Å².